The van der Waals surface area contributed by atoms with E-state index >= 15 is 0 Å². The quantitative estimate of drug-likeness (QED) is 0.604. The van der Waals surface area contributed by atoms with Crippen LogP contribution in [0, 0.1) is 11.3 Å². The molecule has 0 aliphatic heterocycles. The van der Waals surface area contributed by atoms with Gasteiger partial charge in [0.15, 0.2) is 5.16 Å². The van der Waals surface area contributed by atoms with Crippen molar-refractivity contribution in [2.75, 3.05) is 24.8 Å². The molecule has 0 unspecified atom stereocenters. The first-order chi connectivity index (χ1) is 6.81. The number of nitrogens with one attached hydrogen (secondary N) is 1. The maximum Gasteiger partial charge on any atom is 0.189 e. The highest BCUT2D eigenvalue weighted by molar-refractivity contribution is 7.98. The molecule has 0 amide bonds. The molecular formula is C8H9FN4S. The Bertz CT molecular complexity index is 350. The first-order valence-corrected chi connectivity index (χ1v) is 5.15. The third-order valence-corrected chi connectivity index (χ3v) is 2.02. The number of aromatic nitrogens is 2. The number of halogens is 1. The Morgan fingerprint density at radius 2 is 2.50 bits per heavy atom. The van der Waals surface area contributed by atoms with Gasteiger partial charge in [0.25, 0.3) is 0 Å². The van der Waals surface area contributed by atoms with Crippen LogP contribution in [0.2, 0.25) is 0 Å². The summed E-state index contributed by atoms with van der Waals surface area (Å²) in [7, 11) is 0. The van der Waals surface area contributed by atoms with Crippen molar-refractivity contribution in [2.45, 2.75) is 5.16 Å². The molecule has 0 bridgehead atoms. The van der Waals surface area contributed by atoms with Crippen molar-refractivity contribution in [3.63, 3.8) is 0 Å². The molecular weight excluding hydrogens is 203 g/mol. The maximum absolute atomic E-state index is 11.9. The molecule has 0 radical (unpaired) electrons. The molecule has 0 atom stereocenters. The maximum atomic E-state index is 11.9. The number of nitriles is 1. The minimum atomic E-state index is -0.497. The van der Waals surface area contributed by atoms with Crippen LogP contribution in [0.4, 0.5) is 10.2 Å². The molecule has 0 aliphatic carbocycles. The molecule has 6 heteroatoms. The van der Waals surface area contributed by atoms with Gasteiger partial charge in [-0.2, -0.15) is 5.26 Å². The lowest BCUT2D eigenvalue weighted by Gasteiger charge is -2.05. The highest BCUT2D eigenvalue weighted by atomic mass is 32.2. The van der Waals surface area contributed by atoms with Crippen molar-refractivity contribution in [2.24, 2.45) is 0 Å². The Labute approximate surface area is 85.6 Å². The molecule has 1 aromatic rings. The minimum absolute atomic E-state index is 0.152. The lowest BCUT2D eigenvalue weighted by atomic mass is 10.3. The van der Waals surface area contributed by atoms with E-state index < -0.39 is 6.67 Å². The van der Waals surface area contributed by atoms with Crippen LogP contribution in [0.15, 0.2) is 11.4 Å². The number of anilines is 1. The van der Waals surface area contributed by atoms with Gasteiger partial charge in [-0.25, -0.2) is 14.4 Å². The topological polar surface area (TPSA) is 61.6 Å². The fourth-order valence-corrected chi connectivity index (χ4v) is 1.19. The molecule has 1 N–H and O–H groups in total. The molecule has 0 aliphatic rings. The zero-order valence-corrected chi connectivity index (χ0v) is 8.44. The SMILES string of the molecule is CSc1ncc(C#N)c(NCCF)n1. The molecule has 0 aromatic carbocycles. The van der Waals surface area contributed by atoms with Crippen LogP contribution in [-0.2, 0) is 0 Å². The van der Waals surface area contributed by atoms with Gasteiger partial charge in [0, 0.05) is 6.54 Å². The Balaban J connectivity index is 2.91. The fourth-order valence-electron chi connectivity index (χ4n) is 0.846. The van der Waals surface area contributed by atoms with Crippen molar-refractivity contribution < 1.29 is 4.39 Å². The van der Waals surface area contributed by atoms with E-state index in [4.69, 9.17) is 5.26 Å². The van der Waals surface area contributed by atoms with Gasteiger partial charge in [0.2, 0.25) is 0 Å². The summed E-state index contributed by atoms with van der Waals surface area (Å²) in [5, 5.41) is 12.0. The number of nitrogens with zero attached hydrogens (tertiary/aromatic N) is 3. The van der Waals surface area contributed by atoms with Gasteiger partial charge >= 0.3 is 0 Å². The normalized spacial score (nSPS) is 9.50. The average Bonchev–Trinajstić information content (AvgIpc) is 2.25. The van der Waals surface area contributed by atoms with Crippen molar-refractivity contribution in [3.8, 4) is 6.07 Å². The molecule has 1 heterocycles. The van der Waals surface area contributed by atoms with Gasteiger partial charge in [-0.3, -0.25) is 0 Å². The Morgan fingerprint density at radius 1 is 1.71 bits per heavy atom. The lowest BCUT2D eigenvalue weighted by Crippen LogP contribution is -2.07. The van der Waals surface area contributed by atoms with Crippen LogP contribution in [-0.4, -0.2) is 29.4 Å². The van der Waals surface area contributed by atoms with Crippen LogP contribution in [0.5, 0.6) is 0 Å². The van der Waals surface area contributed by atoms with Crippen molar-refractivity contribution in [1.29, 1.82) is 5.26 Å². The number of hydrogen-bond donors (Lipinski definition) is 1. The van der Waals surface area contributed by atoms with Gasteiger partial charge in [0.1, 0.15) is 24.1 Å². The summed E-state index contributed by atoms with van der Waals surface area (Å²) in [4.78, 5) is 7.98. The smallest absolute Gasteiger partial charge is 0.189 e. The van der Waals surface area contributed by atoms with Crippen molar-refractivity contribution >= 4 is 17.6 Å². The number of rotatable bonds is 4. The van der Waals surface area contributed by atoms with Crippen LogP contribution in [0.25, 0.3) is 0 Å². The van der Waals surface area contributed by atoms with Crippen LogP contribution in [0.3, 0.4) is 0 Å². The molecule has 74 valence electrons. The number of alkyl halides is 1. The Kier molecular flexibility index (Phi) is 4.13. The summed E-state index contributed by atoms with van der Waals surface area (Å²) in [6.07, 6.45) is 3.26. The van der Waals surface area contributed by atoms with E-state index in [1.807, 2.05) is 12.3 Å². The standard InChI is InChI=1S/C8H9FN4S/c1-14-8-12-5-6(4-10)7(13-8)11-3-2-9/h5H,2-3H2,1H3,(H,11,12,13). The molecule has 14 heavy (non-hydrogen) atoms. The summed E-state index contributed by atoms with van der Waals surface area (Å²) < 4.78 is 11.9. The first kappa shape index (κ1) is 10.7. The second kappa shape index (κ2) is 5.40. The number of thioether (sulfide) groups is 1. The minimum Gasteiger partial charge on any atom is -0.366 e. The highest BCUT2D eigenvalue weighted by Crippen LogP contribution is 2.15. The van der Waals surface area contributed by atoms with Crippen LogP contribution < -0.4 is 5.32 Å². The van der Waals surface area contributed by atoms with E-state index in [-0.39, 0.29) is 6.54 Å². The molecule has 0 saturated carbocycles. The molecule has 1 rings (SSSR count). The zero-order valence-electron chi connectivity index (χ0n) is 7.62. The van der Waals surface area contributed by atoms with E-state index in [2.05, 4.69) is 15.3 Å². The predicted octanol–water partition coefficient (Wildman–Crippen LogP) is 1.45. The van der Waals surface area contributed by atoms with Gasteiger partial charge in [-0.15, -0.1) is 0 Å². The largest absolute Gasteiger partial charge is 0.366 e. The van der Waals surface area contributed by atoms with E-state index in [1.165, 1.54) is 18.0 Å². The summed E-state index contributed by atoms with van der Waals surface area (Å²) >= 11 is 1.37. The molecule has 1 aromatic heterocycles. The predicted molar refractivity (Wildman–Crippen MR) is 53.0 cm³/mol. The van der Waals surface area contributed by atoms with Gasteiger partial charge < -0.3 is 5.32 Å². The third-order valence-electron chi connectivity index (χ3n) is 1.46. The van der Waals surface area contributed by atoms with Gasteiger partial charge in [-0.05, 0) is 6.26 Å². The van der Waals surface area contributed by atoms with Crippen LogP contribution >= 0.6 is 11.8 Å². The Morgan fingerprint density at radius 3 is 3.07 bits per heavy atom. The highest BCUT2D eigenvalue weighted by Gasteiger charge is 2.05. The van der Waals surface area contributed by atoms with Crippen molar-refractivity contribution in [1.82, 2.24) is 9.97 Å². The van der Waals surface area contributed by atoms with E-state index in [1.54, 1.807) is 0 Å². The monoisotopic (exact) mass is 212 g/mol. The summed E-state index contributed by atoms with van der Waals surface area (Å²) in [5.41, 5.74) is 0.330. The van der Waals surface area contributed by atoms with Crippen molar-refractivity contribution in [3.05, 3.63) is 11.8 Å². The summed E-state index contributed by atoms with van der Waals surface area (Å²) in [5.74, 6) is 0.393. The first-order valence-electron chi connectivity index (χ1n) is 3.92. The van der Waals surface area contributed by atoms with E-state index in [0.717, 1.165) is 0 Å². The fraction of sp³-hybridized carbons (Fsp3) is 0.375. The number of hydrogen-bond acceptors (Lipinski definition) is 5. The van der Waals surface area contributed by atoms with Crippen LogP contribution in [0.1, 0.15) is 5.56 Å². The van der Waals surface area contributed by atoms with E-state index in [9.17, 15) is 4.39 Å². The van der Waals surface area contributed by atoms with E-state index in [0.29, 0.717) is 16.5 Å². The second-order valence-corrected chi connectivity index (χ2v) is 3.12. The lowest BCUT2D eigenvalue weighted by molar-refractivity contribution is 0.512. The third kappa shape index (κ3) is 2.57. The zero-order chi connectivity index (χ0) is 10.4. The molecule has 0 saturated heterocycles. The molecule has 0 spiro atoms. The van der Waals surface area contributed by atoms with Gasteiger partial charge in [-0.1, -0.05) is 11.8 Å². The Hall–Kier alpha value is -1.35. The average molecular weight is 212 g/mol. The summed E-state index contributed by atoms with van der Waals surface area (Å²) in [6, 6.07) is 1.94. The molecule has 0 fully saturated rings. The summed E-state index contributed by atoms with van der Waals surface area (Å²) in [6.45, 7) is -0.344. The second-order valence-electron chi connectivity index (χ2n) is 2.35. The van der Waals surface area contributed by atoms with Gasteiger partial charge in [0.05, 0.1) is 6.20 Å². The molecule has 4 nitrogen and oxygen atoms in total.